The number of aromatic hydroxyl groups is 1. The number of carbonyl (C=O) groups is 5. The number of carboxylic acids is 2. The molecule has 204 valence electrons. The Morgan fingerprint density at radius 3 is 2.24 bits per heavy atom. The van der Waals surface area contributed by atoms with E-state index in [2.05, 4.69) is 10.6 Å². The predicted octanol–water partition coefficient (Wildman–Crippen LogP) is -1.09. The fraction of sp³-hybridized carbons (Fsp3) is 0.542. The molecule has 0 bridgehead atoms. The van der Waals surface area contributed by atoms with E-state index in [4.69, 9.17) is 16.6 Å². The van der Waals surface area contributed by atoms with Gasteiger partial charge in [0.2, 0.25) is 17.7 Å². The number of phenols is 1. The summed E-state index contributed by atoms with van der Waals surface area (Å²) in [6, 6.07) is 1.23. The van der Waals surface area contributed by atoms with Gasteiger partial charge in [-0.05, 0) is 56.3 Å². The second-order valence-corrected chi connectivity index (χ2v) is 9.01. The van der Waals surface area contributed by atoms with Crippen molar-refractivity contribution < 1.29 is 39.3 Å². The van der Waals surface area contributed by atoms with Crippen molar-refractivity contribution in [2.75, 3.05) is 13.1 Å². The summed E-state index contributed by atoms with van der Waals surface area (Å²) < 4.78 is 0. The first kappa shape index (κ1) is 29.5. The van der Waals surface area contributed by atoms with Crippen LogP contribution in [0.25, 0.3) is 0 Å². The van der Waals surface area contributed by atoms with Gasteiger partial charge in [-0.2, -0.15) is 0 Å². The Kier molecular flexibility index (Phi) is 11.3. The van der Waals surface area contributed by atoms with Crippen LogP contribution in [0.3, 0.4) is 0 Å². The lowest BCUT2D eigenvalue weighted by Gasteiger charge is -2.29. The second kappa shape index (κ2) is 14.1. The van der Waals surface area contributed by atoms with E-state index in [1.165, 1.54) is 17.0 Å². The lowest BCUT2D eigenvalue weighted by molar-refractivity contribution is -0.149. The topological polar surface area (TPSA) is 225 Å². The van der Waals surface area contributed by atoms with E-state index in [0.29, 0.717) is 37.8 Å². The highest BCUT2D eigenvalue weighted by Crippen LogP contribution is 2.20. The largest absolute Gasteiger partial charge is 0.508 e. The van der Waals surface area contributed by atoms with Crippen molar-refractivity contribution in [3.05, 3.63) is 29.8 Å². The first-order valence-electron chi connectivity index (χ1n) is 12.1. The summed E-state index contributed by atoms with van der Waals surface area (Å²) >= 11 is 0. The molecule has 0 radical (unpaired) electrons. The van der Waals surface area contributed by atoms with Gasteiger partial charge in [0.1, 0.15) is 23.9 Å². The highest BCUT2D eigenvalue weighted by atomic mass is 16.4. The molecule has 1 aromatic rings. The minimum absolute atomic E-state index is 0.00132. The zero-order chi connectivity index (χ0) is 27.5. The van der Waals surface area contributed by atoms with E-state index >= 15 is 0 Å². The molecule has 0 spiro atoms. The van der Waals surface area contributed by atoms with Crippen LogP contribution in [0.1, 0.15) is 44.1 Å². The van der Waals surface area contributed by atoms with Crippen molar-refractivity contribution in [1.29, 1.82) is 0 Å². The highest BCUT2D eigenvalue weighted by Gasteiger charge is 2.38. The van der Waals surface area contributed by atoms with E-state index in [9.17, 15) is 34.2 Å². The number of carboxylic acid groups (broad SMARTS) is 2. The van der Waals surface area contributed by atoms with Gasteiger partial charge in [0, 0.05) is 13.0 Å². The van der Waals surface area contributed by atoms with Gasteiger partial charge < -0.3 is 42.3 Å². The number of carbonyl (C=O) groups excluding carboxylic acids is 3. The Balaban J connectivity index is 2.25. The number of amides is 3. The number of likely N-dealkylation sites (tertiary alicyclic amines) is 1. The summed E-state index contributed by atoms with van der Waals surface area (Å²) in [7, 11) is 0. The molecule has 37 heavy (non-hydrogen) atoms. The van der Waals surface area contributed by atoms with Gasteiger partial charge in [0.15, 0.2) is 0 Å². The van der Waals surface area contributed by atoms with Crippen LogP contribution in [0.2, 0.25) is 0 Å². The molecule has 13 nitrogen and oxygen atoms in total. The first-order valence-corrected chi connectivity index (χ1v) is 12.1. The van der Waals surface area contributed by atoms with Gasteiger partial charge in [-0.3, -0.25) is 19.2 Å². The van der Waals surface area contributed by atoms with Gasteiger partial charge in [-0.1, -0.05) is 12.1 Å². The fourth-order valence-electron chi connectivity index (χ4n) is 4.15. The normalized spacial score (nSPS) is 17.5. The molecule has 1 aromatic carbocycles. The summed E-state index contributed by atoms with van der Waals surface area (Å²) in [4.78, 5) is 62.9. The summed E-state index contributed by atoms with van der Waals surface area (Å²) in [6.45, 7) is 0.619. The Labute approximate surface area is 214 Å². The van der Waals surface area contributed by atoms with E-state index in [1.807, 2.05) is 0 Å². The average Bonchev–Trinajstić information content (AvgIpc) is 3.34. The van der Waals surface area contributed by atoms with Gasteiger partial charge in [0.05, 0.1) is 12.5 Å². The third-order valence-corrected chi connectivity index (χ3v) is 6.12. The Morgan fingerprint density at radius 2 is 1.65 bits per heavy atom. The number of rotatable bonds is 14. The predicted molar refractivity (Wildman–Crippen MR) is 131 cm³/mol. The lowest BCUT2D eigenvalue weighted by atomic mass is 10.0. The quantitative estimate of drug-likeness (QED) is 0.146. The lowest BCUT2D eigenvalue weighted by Crippen LogP contribution is -2.57. The SMILES string of the molecule is NCCCCC(NC(=O)C(Cc1ccc(O)cc1)NC(=O)C(N)CC(=O)O)C(=O)N1CCCC1C(=O)O. The average molecular weight is 522 g/mol. The smallest absolute Gasteiger partial charge is 0.326 e. The van der Waals surface area contributed by atoms with Gasteiger partial charge in [-0.15, -0.1) is 0 Å². The van der Waals surface area contributed by atoms with Gasteiger partial charge in [0.25, 0.3) is 0 Å². The first-order chi connectivity index (χ1) is 17.5. The highest BCUT2D eigenvalue weighted by molar-refractivity contribution is 5.95. The van der Waals surface area contributed by atoms with Crippen LogP contribution < -0.4 is 22.1 Å². The molecular formula is C24H35N5O8. The molecule has 0 aromatic heterocycles. The second-order valence-electron chi connectivity index (χ2n) is 9.01. The molecule has 1 saturated heterocycles. The van der Waals surface area contributed by atoms with Crippen molar-refractivity contribution in [2.45, 2.75) is 69.1 Å². The Bertz CT molecular complexity index is 970. The third-order valence-electron chi connectivity index (χ3n) is 6.12. The molecule has 13 heteroatoms. The van der Waals surface area contributed by atoms with E-state index in [1.54, 1.807) is 12.1 Å². The molecule has 2 rings (SSSR count). The van der Waals surface area contributed by atoms with E-state index < -0.39 is 60.2 Å². The number of hydrogen-bond donors (Lipinski definition) is 7. The molecule has 4 atom stereocenters. The third kappa shape index (κ3) is 9.03. The summed E-state index contributed by atoms with van der Waals surface area (Å²) in [5.41, 5.74) is 11.8. The van der Waals surface area contributed by atoms with Gasteiger partial charge >= 0.3 is 11.9 Å². The number of phenolic OH excluding ortho intramolecular Hbond substituents is 1. The Morgan fingerprint density at radius 1 is 1.00 bits per heavy atom. The molecule has 0 aliphatic carbocycles. The summed E-state index contributed by atoms with van der Waals surface area (Å²) in [5, 5.41) is 33.0. The van der Waals surface area contributed by atoms with Crippen LogP contribution in [0, 0.1) is 0 Å². The van der Waals surface area contributed by atoms with E-state index in [0.717, 1.165) is 0 Å². The van der Waals surface area contributed by atoms with Gasteiger partial charge in [-0.25, -0.2) is 4.79 Å². The Hall–Kier alpha value is -3.71. The standard InChI is InChI=1S/C24H35N5O8/c25-10-2-1-4-17(23(35)29-11-3-5-19(29)24(36)37)27-22(34)18(12-14-6-8-15(30)9-7-14)28-21(33)16(26)13-20(31)32/h6-9,16-19,30H,1-5,10-13,25-26H2,(H,27,34)(H,28,33)(H,31,32)(H,36,37). The number of aliphatic carboxylic acids is 2. The number of nitrogens with zero attached hydrogens (tertiary/aromatic N) is 1. The molecule has 3 amide bonds. The molecule has 4 unspecified atom stereocenters. The van der Waals surface area contributed by atoms with Crippen molar-refractivity contribution in [3.8, 4) is 5.75 Å². The summed E-state index contributed by atoms with van der Waals surface area (Å²) in [5.74, 6) is -4.53. The minimum atomic E-state index is -1.41. The molecule has 0 saturated carbocycles. The number of nitrogens with one attached hydrogen (secondary N) is 2. The van der Waals surface area contributed by atoms with Crippen molar-refractivity contribution >= 4 is 29.7 Å². The van der Waals surface area contributed by atoms with Crippen LogP contribution in [0.15, 0.2) is 24.3 Å². The maximum atomic E-state index is 13.3. The monoisotopic (exact) mass is 521 g/mol. The maximum absolute atomic E-state index is 13.3. The fourth-order valence-corrected chi connectivity index (χ4v) is 4.15. The molecule has 1 heterocycles. The van der Waals surface area contributed by atoms with E-state index in [-0.39, 0.29) is 25.1 Å². The zero-order valence-corrected chi connectivity index (χ0v) is 20.5. The van der Waals surface area contributed by atoms with Crippen LogP contribution >= 0.6 is 0 Å². The number of hydrogen-bond acceptors (Lipinski definition) is 8. The van der Waals surface area contributed by atoms with Crippen molar-refractivity contribution in [1.82, 2.24) is 15.5 Å². The van der Waals surface area contributed by atoms with Crippen LogP contribution in [-0.2, 0) is 30.4 Å². The summed E-state index contributed by atoms with van der Waals surface area (Å²) in [6.07, 6.45) is 1.44. The number of unbranched alkanes of at least 4 members (excludes halogenated alkanes) is 1. The van der Waals surface area contributed by atoms with Crippen LogP contribution in [-0.4, -0.2) is 87.1 Å². The van der Waals surface area contributed by atoms with Crippen molar-refractivity contribution in [2.24, 2.45) is 11.5 Å². The van der Waals surface area contributed by atoms with Crippen LogP contribution in [0.5, 0.6) is 5.75 Å². The zero-order valence-electron chi connectivity index (χ0n) is 20.5. The minimum Gasteiger partial charge on any atom is -0.508 e. The molecule has 9 N–H and O–H groups in total. The maximum Gasteiger partial charge on any atom is 0.326 e. The molecular weight excluding hydrogens is 486 g/mol. The molecule has 1 aliphatic heterocycles. The number of benzene rings is 1. The molecule has 1 aliphatic rings. The number of nitrogens with two attached hydrogens (primary N) is 2. The van der Waals surface area contributed by atoms with Crippen LogP contribution in [0.4, 0.5) is 0 Å². The molecule has 1 fully saturated rings. The van der Waals surface area contributed by atoms with Crippen molar-refractivity contribution in [3.63, 3.8) is 0 Å².